The van der Waals surface area contributed by atoms with E-state index < -0.39 is 5.82 Å². The Morgan fingerprint density at radius 2 is 2.09 bits per heavy atom. The number of carbonyl (C=O) groups excluding carboxylic acids is 1. The number of likely N-dealkylation sites (tertiary alicyclic amines) is 1. The number of halogens is 1. The summed E-state index contributed by atoms with van der Waals surface area (Å²) >= 11 is 0. The van der Waals surface area contributed by atoms with Crippen LogP contribution >= 0.6 is 0 Å². The summed E-state index contributed by atoms with van der Waals surface area (Å²) in [7, 11) is 3.94. The van der Waals surface area contributed by atoms with E-state index in [2.05, 4.69) is 22.4 Å². The molecule has 2 aromatic heterocycles. The fourth-order valence-corrected chi connectivity index (χ4v) is 4.53. The first-order valence-electron chi connectivity index (χ1n) is 10.8. The summed E-state index contributed by atoms with van der Waals surface area (Å²) in [4.78, 5) is 26.9. The molecule has 1 aromatic carbocycles. The van der Waals surface area contributed by atoms with Crippen LogP contribution in [0.15, 0.2) is 34.9 Å². The van der Waals surface area contributed by atoms with Crippen LogP contribution < -0.4 is 5.32 Å². The van der Waals surface area contributed by atoms with Crippen molar-refractivity contribution in [1.29, 1.82) is 0 Å². The maximum absolute atomic E-state index is 14.1. The third-order valence-corrected chi connectivity index (χ3v) is 6.19. The fourth-order valence-electron chi connectivity index (χ4n) is 4.53. The lowest BCUT2D eigenvalue weighted by Crippen LogP contribution is -2.33. The molecule has 8 nitrogen and oxygen atoms in total. The van der Waals surface area contributed by atoms with Gasteiger partial charge in [0.05, 0.1) is 11.7 Å². The molecule has 4 heterocycles. The predicted octanol–water partition coefficient (Wildman–Crippen LogP) is 3.28. The summed E-state index contributed by atoms with van der Waals surface area (Å²) in [6.45, 7) is 2.30. The highest BCUT2D eigenvalue weighted by atomic mass is 19.1. The van der Waals surface area contributed by atoms with Gasteiger partial charge in [0.1, 0.15) is 17.3 Å². The van der Waals surface area contributed by atoms with Crippen LogP contribution in [0.1, 0.15) is 46.5 Å². The SMILES string of the molecule is CNc1nc([C@H]2CCCN2C(=O)c2cc(-c3ccccc3F)no2)nc2c1CCN(C)C2. The fraction of sp³-hybridized carbons (Fsp3) is 0.391. The molecular weight excluding hydrogens is 411 g/mol. The van der Waals surface area contributed by atoms with Crippen LogP contribution in [0, 0.1) is 5.82 Å². The summed E-state index contributed by atoms with van der Waals surface area (Å²) in [5, 5.41) is 7.12. The zero-order valence-corrected chi connectivity index (χ0v) is 18.1. The normalized spacial score (nSPS) is 18.6. The number of likely N-dealkylation sites (N-methyl/N-ethyl adjacent to an activating group) is 1. The van der Waals surface area contributed by atoms with Crippen molar-refractivity contribution in [2.45, 2.75) is 31.8 Å². The third-order valence-electron chi connectivity index (χ3n) is 6.19. The van der Waals surface area contributed by atoms with Crippen molar-refractivity contribution < 1.29 is 13.7 Å². The van der Waals surface area contributed by atoms with Gasteiger partial charge in [0.25, 0.3) is 5.91 Å². The Hall–Kier alpha value is -3.33. The second-order valence-electron chi connectivity index (χ2n) is 8.31. The van der Waals surface area contributed by atoms with Crippen LogP contribution in [-0.4, -0.2) is 58.0 Å². The smallest absolute Gasteiger partial charge is 0.293 e. The van der Waals surface area contributed by atoms with Gasteiger partial charge in [-0.3, -0.25) is 4.79 Å². The Morgan fingerprint density at radius 3 is 2.91 bits per heavy atom. The zero-order valence-electron chi connectivity index (χ0n) is 18.1. The van der Waals surface area contributed by atoms with Gasteiger partial charge in [0, 0.05) is 43.9 Å². The lowest BCUT2D eigenvalue weighted by Gasteiger charge is -2.28. The maximum Gasteiger partial charge on any atom is 0.293 e. The minimum Gasteiger partial charge on any atom is -0.373 e. The minimum absolute atomic E-state index is 0.0849. The van der Waals surface area contributed by atoms with Gasteiger partial charge in [-0.25, -0.2) is 14.4 Å². The van der Waals surface area contributed by atoms with Crippen molar-refractivity contribution in [3.05, 3.63) is 59.0 Å². The number of nitrogens with one attached hydrogen (secondary N) is 1. The van der Waals surface area contributed by atoms with Gasteiger partial charge in [-0.15, -0.1) is 0 Å². The molecule has 1 N–H and O–H groups in total. The number of amides is 1. The Labute approximate surface area is 185 Å². The molecule has 0 aliphatic carbocycles. The number of nitrogens with zero attached hydrogens (tertiary/aromatic N) is 5. The second kappa shape index (κ2) is 8.31. The van der Waals surface area contributed by atoms with Crippen molar-refractivity contribution in [3.8, 4) is 11.3 Å². The van der Waals surface area contributed by atoms with Gasteiger partial charge in [-0.2, -0.15) is 0 Å². The summed E-state index contributed by atoms with van der Waals surface area (Å²) in [6, 6.07) is 7.54. The molecule has 2 aliphatic rings. The van der Waals surface area contributed by atoms with Crippen molar-refractivity contribution >= 4 is 11.7 Å². The molecule has 32 heavy (non-hydrogen) atoms. The molecule has 2 aliphatic heterocycles. The molecule has 0 radical (unpaired) electrons. The Bertz CT molecular complexity index is 1160. The highest BCUT2D eigenvalue weighted by molar-refractivity contribution is 5.93. The predicted molar refractivity (Wildman–Crippen MR) is 117 cm³/mol. The van der Waals surface area contributed by atoms with Crippen LogP contribution in [0.4, 0.5) is 10.2 Å². The lowest BCUT2D eigenvalue weighted by atomic mass is 10.0. The van der Waals surface area contributed by atoms with E-state index in [1.807, 2.05) is 7.05 Å². The standard InChI is InChI=1S/C23H25FN6O2/c1-25-21-15-9-11-29(2)13-18(15)26-22(27-21)19-8-5-10-30(19)23(31)20-12-17(28-32-20)14-6-3-4-7-16(14)24/h3-4,6-7,12,19H,5,8-11,13H2,1-2H3,(H,25,26,27)/t19-/m1/s1. The van der Waals surface area contributed by atoms with Crippen molar-refractivity contribution in [1.82, 2.24) is 24.9 Å². The first kappa shape index (κ1) is 20.6. The minimum atomic E-state index is -0.411. The maximum atomic E-state index is 14.1. The first-order chi connectivity index (χ1) is 15.5. The van der Waals surface area contributed by atoms with E-state index in [0.717, 1.165) is 49.4 Å². The van der Waals surface area contributed by atoms with Crippen LogP contribution in [0.3, 0.4) is 0 Å². The van der Waals surface area contributed by atoms with E-state index in [-0.39, 0.29) is 17.7 Å². The van der Waals surface area contributed by atoms with Crippen LogP contribution in [0.2, 0.25) is 0 Å². The molecule has 1 atom stereocenters. The first-order valence-corrected chi connectivity index (χ1v) is 10.8. The van der Waals surface area contributed by atoms with Crippen LogP contribution in [0.5, 0.6) is 0 Å². The summed E-state index contributed by atoms with van der Waals surface area (Å²) in [5.41, 5.74) is 2.76. The third kappa shape index (κ3) is 3.62. The molecule has 5 rings (SSSR count). The second-order valence-corrected chi connectivity index (χ2v) is 8.31. The van der Waals surface area contributed by atoms with Crippen molar-refractivity contribution in [2.75, 3.05) is 32.5 Å². The van der Waals surface area contributed by atoms with Crippen molar-refractivity contribution in [2.24, 2.45) is 0 Å². The Morgan fingerprint density at radius 1 is 1.25 bits per heavy atom. The molecule has 1 saturated heterocycles. The molecule has 1 fully saturated rings. The number of fused-ring (bicyclic) bond motifs is 1. The van der Waals surface area contributed by atoms with E-state index in [1.165, 1.54) is 12.1 Å². The number of aromatic nitrogens is 3. The van der Waals surface area contributed by atoms with Gasteiger partial charge >= 0.3 is 0 Å². The molecule has 0 bridgehead atoms. The molecule has 0 unspecified atom stereocenters. The molecule has 1 amide bonds. The van der Waals surface area contributed by atoms with Crippen molar-refractivity contribution in [3.63, 3.8) is 0 Å². The topological polar surface area (TPSA) is 87.4 Å². The quantitative estimate of drug-likeness (QED) is 0.672. The number of carbonyl (C=O) groups is 1. The number of anilines is 1. The average molecular weight is 436 g/mol. The highest BCUT2D eigenvalue weighted by Crippen LogP contribution is 2.34. The number of rotatable bonds is 4. The van der Waals surface area contributed by atoms with E-state index >= 15 is 0 Å². The van der Waals surface area contributed by atoms with Gasteiger partial charge < -0.3 is 19.6 Å². The van der Waals surface area contributed by atoms with Crippen LogP contribution in [-0.2, 0) is 13.0 Å². The molecule has 166 valence electrons. The van der Waals surface area contributed by atoms with E-state index in [9.17, 15) is 9.18 Å². The zero-order chi connectivity index (χ0) is 22.2. The Kier molecular flexibility index (Phi) is 5.34. The molecule has 0 saturated carbocycles. The number of hydrogen-bond donors (Lipinski definition) is 1. The summed E-state index contributed by atoms with van der Waals surface area (Å²) < 4.78 is 19.4. The van der Waals surface area contributed by atoms with Gasteiger partial charge in [-0.05, 0) is 38.4 Å². The average Bonchev–Trinajstić information content (AvgIpc) is 3.48. The van der Waals surface area contributed by atoms with Gasteiger partial charge in [-0.1, -0.05) is 17.3 Å². The van der Waals surface area contributed by atoms with Crippen LogP contribution in [0.25, 0.3) is 11.3 Å². The van der Waals surface area contributed by atoms with E-state index in [0.29, 0.717) is 23.6 Å². The van der Waals surface area contributed by atoms with E-state index in [1.54, 1.807) is 23.1 Å². The lowest BCUT2D eigenvalue weighted by molar-refractivity contribution is 0.0687. The number of benzene rings is 1. The van der Waals surface area contributed by atoms with Gasteiger partial charge in [0.15, 0.2) is 5.82 Å². The van der Waals surface area contributed by atoms with E-state index in [4.69, 9.17) is 14.5 Å². The summed E-state index contributed by atoms with van der Waals surface area (Å²) in [5.74, 6) is 0.863. The molecule has 0 spiro atoms. The largest absolute Gasteiger partial charge is 0.373 e. The number of hydrogen-bond acceptors (Lipinski definition) is 7. The molecule has 9 heteroatoms. The Balaban J connectivity index is 1.44. The molecule has 3 aromatic rings. The van der Waals surface area contributed by atoms with Gasteiger partial charge in [0.2, 0.25) is 5.76 Å². The highest BCUT2D eigenvalue weighted by Gasteiger charge is 2.35. The monoisotopic (exact) mass is 436 g/mol. The molecular formula is C23H25FN6O2. The summed E-state index contributed by atoms with van der Waals surface area (Å²) in [6.07, 6.45) is 2.52.